The van der Waals surface area contributed by atoms with Gasteiger partial charge in [-0.1, -0.05) is 42.5 Å². The summed E-state index contributed by atoms with van der Waals surface area (Å²) in [5.74, 6) is -1.96. The van der Waals surface area contributed by atoms with Crippen molar-refractivity contribution in [3.8, 4) is 5.75 Å². The average molecular weight is 350 g/mol. The van der Waals surface area contributed by atoms with Gasteiger partial charge in [-0.05, 0) is 18.6 Å². The highest BCUT2D eigenvalue weighted by atomic mass is 16.5. The van der Waals surface area contributed by atoms with Crippen LogP contribution in [-0.2, 0) is 9.53 Å². The second-order valence-electron chi connectivity index (χ2n) is 6.52. The fourth-order valence-electron chi connectivity index (χ4n) is 4.28. The Balaban J connectivity index is 1.88. The summed E-state index contributed by atoms with van der Waals surface area (Å²) in [5.41, 5.74) is 0.0286. The Labute approximate surface area is 150 Å². The van der Waals surface area contributed by atoms with Crippen LogP contribution >= 0.6 is 0 Å². The van der Waals surface area contributed by atoms with Crippen LogP contribution in [0.15, 0.2) is 48.5 Å². The molecular formula is C21H18O5. The van der Waals surface area contributed by atoms with Crippen LogP contribution in [0.25, 0.3) is 0 Å². The number of Topliss-reactive ketones (excluding diaryl/α,β-unsaturated/α-hetero) is 2. The summed E-state index contributed by atoms with van der Waals surface area (Å²) in [6.07, 6.45) is 0. The molecule has 2 atom stereocenters. The molecule has 0 radical (unpaired) electrons. The first kappa shape index (κ1) is 16.5. The van der Waals surface area contributed by atoms with E-state index in [-0.39, 0.29) is 18.2 Å². The lowest BCUT2D eigenvalue weighted by Gasteiger charge is -2.10. The van der Waals surface area contributed by atoms with E-state index in [2.05, 4.69) is 0 Å². The van der Waals surface area contributed by atoms with Gasteiger partial charge >= 0.3 is 5.97 Å². The Hall–Kier alpha value is -2.95. The maximum absolute atomic E-state index is 13.2. The highest BCUT2D eigenvalue weighted by Gasteiger charge is 2.80. The fraction of sp³-hybridized carbons (Fsp3) is 0.286. The number of carbonyl (C=O) groups excluding carboxylic acids is 3. The van der Waals surface area contributed by atoms with E-state index in [1.165, 1.54) is 7.11 Å². The van der Waals surface area contributed by atoms with Gasteiger partial charge in [0, 0.05) is 17.0 Å². The maximum atomic E-state index is 13.2. The van der Waals surface area contributed by atoms with Crippen LogP contribution in [0.2, 0.25) is 0 Å². The zero-order chi connectivity index (χ0) is 18.5. The highest BCUT2D eigenvalue weighted by Crippen LogP contribution is 2.71. The summed E-state index contributed by atoms with van der Waals surface area (Å²) in [6.45, 7) is 1.90. The van der Waals surface area contributed by atoms with E-state index in [4.69, 9.17) is 9.47 Å². The minimum atomic E-state index is -1.41. The van der Waals surface area contributed by atoms with Crippen LogP contribution < -0.4 is 4.74 Å². The van der Waals surface area contributed by atoms with Crippen molar-refractivity contribution in [1.29, 1.82) is 0 Å². The van der Waals surface area contributed by atoms with Crippen molar-refractivity contribution in [3.05, 3.63) is 65.2 Å². The molecule has 0 N–H and O–H groups in total. The minimum Gasteiger partial charge on any atom is -0.496 e. The van der Waals surface area contributed by atoms with Gasteiger partial charge in [-0.2, -0.15) is 0 Å². The molecule has 0 heterocycles. The molecule has 2 aromatic carbocycles. The Morgan fingerprint density at radius 2 is 1.58 bits per heavy atom. The molecule has 26 heavy (non-hydrogen) atoms. The smallest absolute Gasteiger partial charge is 0.311 e. The van der Waals surface area contributed by atoms with Gasteiger partial charge in [0.05, 0.1) is 19.6 Å². The number of benzene rings is 2. The summed E-state index contributed by atoms with van der Waals surface area (Å²) in [7, 11) is 1.53. The monoisotopic (exact) mass is 350 g/mol. The van der Waals surface area contributed by atoms with Crippen LogP contribution in [0.1, 0.15) is 39.1 Å². The van der Waals surface area contributed by atoms with Crippen molar-refractivity contribution in [2.75, 3.05) is 13.7 Å². The van der Waals surface area contributed by atoms with Gasteiger partial charge in [-0.3, -0.25) is 14.4 Å². The number of rotatable bonds is 4. The molecule has 0 bridgehead atoms. The third kappa shape index (κ3) is 1.94. The second-order valence-corrected chi connectivity index (χ2v) is 6.52. The van der Waals surface area contributed by atoms with Gasteiger partial charge in [-0.15, -0.1) is 0 Å². The zero-order valence-corrected chi connectivity index (χ0v) is 14.5. The third-order valence-electron chi connectivity index (χ3n) is 5.39. The Bertz CT molecular complexity index is 895. The summed E-state index contributed by atoms with van der Waals surface area (Å²) in [6, 6.07) is 13.9. The first-order valence-corrected chi connectivity index (χ1v) is 8.57. The van der Waals surface area contributed by atoms with E-state index in [0.717, 1.165) is 0 Å². The molecule has 0 unspecified atom stereocenters. The molecular weight excluding hydrogens is 332 g/mol. The molecule has 1 saturated carbocycles. The first-order valence-electron chi connectivity index (χ1n) is 8.57. The number of ketones is 2. The molecule has 2 aromatic rings. The van der Waals surface area contributed by atoms with Gasteiger partial charge < -0.3 is 9.47 Å². The van der Waals surface area contributed by atoms with E-state index in [9.17, 15) is 14.4 Å². The van der Waals surface area contributed by atoms with Crippen LogP contribution in [0.4, 0.5) is 0 Å². The Kier molecular flexibility index (Phi) is 3.68. The summed E-state index contributed by atoms with van der Waals surface area (Å²) in [5, 5.41) is 0. The van der Waals surface area contributed by atoms with Gasteiger partial charge in [0.2, 0.25) is 0 Å². The standard InChI is InChI=1S/C21H18O5/c1-3-26-20(24)17-16(14-10-6-7-11-15(14)25-2)21(17)18(22)12-8-4-5-9-13(12)19(21)23/h4-11,16-17H,3H2,1-2H3/t16-,17+/m0/s1. The van der Waals surface area contributed by atoms with Crippen LogP contribution in [-0.4, -0.2) is 31.3 Å². The van der Waals surface area contributed by atoms with Crippen molar-refractivity contribution in [1.82, 2.24) is 0 Å². The SMILES string of the molecule is CCOC(=O)[C@H]1[C@H](c2ccccc2OC)C12C(=O)c1ccccc1C2=O. The average Bonchev–Trinajstić information content (AvgIpc) is 3.32. The van der Waals surface area contributed by atoms with Crippen molar-refractivity contribution >= 4 is 17.5 Å². The number of hydrogen-bond donors (Lipinski definition) is 0. The number of para-hydroxylation sites is 1. The molecule has 1 spiro atoms. The molecule has 1 fully saturated rings. The molecule has 0 saturated heterocycles. The quantitative estimate of drug-likeness (QED) is 0.626. The molecule has 0 aliphatic heterocycles. The predicted octanol–water partition coefficient (Wildman–Crippen LogP) is 3.04. The van der Waals surface area contributed by atoms with Crippen molar-refractivity contribution < 1.29 is 23.9 Å². The van der Waals surface area contributed by atoms with E-state index in [0.29, 0.717) is 22.4 Å². The van der Waals surface area contributed by atoms with Gasteiger partial charge in [-0.25, -0.2) is 0 Å². The lowest BCUT2D eigenvalue weighted by molar-refractivity contribution is -0.145. The molecule has 0 aromatic heterocycles. The topological polar surface area (TPSA) is 69.7 Å². The lowest BCUT2D eigenvalue weighted by atomic mass is 9.92. The van der Waals surface area contributed by atoms with Crippen LogP contribution in [0.3, 0.4) is 0 Å². The van der Waals surface area contributed by atoms with Gasteiger partial charge in [0.1, 0.15) is 11.2 Å². The van der Waals surface area contributed by atoms with E-state index >= 15 is 0 Å². The van der Waals surface area contributed by atoms with Crippen molar-refractivity contribution in [2.24, 2.45) is 11.3 Å². The molecule has 132 valence electrons. The second kappa shape index (κ2) is 5.80. The Morgan fingerprint density at radius 1 is 1.00 bits per heavy atom. The van der Waals surface area contributed by atoms with E-state index < -0.39 is 23.2 Å². The van der Waals surface area contributed by atoms with Crippen LogP contribution in [0, 0.1) is 11.3 Å². The van der Waals surface area contributed by atoms with Crippen LogP contribution in [0.5, 0.6) is 5.75 Å². The molecule has 5 nitrogen and oxygen atoms in total. The number of methoxy groups -OCH3 is 1. The summed E-state index contributed by atoms with van der Waals surface area (Å²) < 4.78 is 10.6. The largest absolute Gasteiger partial charge is 0.496 e. The molecule has 2 aliphatic rings. The minimum absolute atomic E-state index is 0.194. The number of ether oxygens (including phenoxy) is 2. The molecule has 4 rings (SSSR count). The summed E-state index contributed by atoms with van der Waals surface area (Å²) in [4.78, 5) is 39.1. The first-order chi connectivity index (χ1) is 12.6. The number of hydrogen-bond acceptors (Lipinski definition) is 5. The Morgan fingerprint density at radius 3 is 2.15 bits per heavy atom. The number of esters is 1. The molecule has 2 aliphatic carbocycles. The van der Waals surface area contributed by atoms with Crippen molar-refractivity contribution in [3.63, 3.8) is 0 Å². The number of carbonyl (C=O) groups is 3. The van der Waals surface area contributed by atoms with Gasteiger partial charge in [0.25, 0.3) is 0 Å². The predicted molar refractivity (Wildman–Crippen MR) is 93.4 cm³/mol. The van der Waals surface area contributed by atoms with Gasteiger partial charge in [0.15, 0.2) is 11.6 Å². The third-order valence-corrected chi connectivity index (χ3v) is 5.39. The van der Waals surface area contributed by atoms with Crippen molar-refractivity contribution in [2.45, 2.75) is 12.8 Å². The number of fused-ring (bicyclic) bond motifs is 1. The summed E-state index contributed by atoms with van der Waals surface area (Å²) >= 11 is 0. The lowest BCUT2D eigenvalue weighted by Crippen LogP contribution is -2.24. The normalized spacial score (nSPS) is 22.2. The highest BCUT2D eigenvalue weighted by molar-refractivity contribution is 6.34. The molecule has 5 heteroatoms. The zero-order valence-electron chi connectivity index (χ0n) is 14.5. The fourth-order valence-corrected chi connectivity index (χ4v) is 4.28. The molecule has 0 amide bonds. The maximum Gasteiger partial charge on any atom is 0.311 e. The van der Waals surface area contributed by atoms with E-state index in [1.807, 2.05) is 12.1 Å². The van der Waals surface area contributed by atoms with E-state index in [1.54, 1.807) is 43.3 Å².